The van der Waals surface area contributed by atoms with Crippen LogP contribution in [0.5, 0.6) is 5.75 Å². The first-order valence-corrected chi connectivity index (χ1v) is 13.0. The van der Waals surface area contributed by atoms with Gasteiger partial charge in [-0.2, -0.15) is 0 Å². The van der Waals surface area contributed by atoms with E-state index in [2.05, 4.69) is 39.4 Å². The number of nitrogens with zero attached hydrogens (tertiary/aromatic N) is 2. The van der Waals surface area contributed by atoms with Crippen molar-refractivity contribution in [2.24, 2.45) is 5.92 Å². The zero-order valence-corrected chi connectivity index (χ0v) is 21.1. The molecule has 1 heterocycles. The molecular weight excluding hydrogens is 494 g/mol. The molecule has 9 heteroatoms. The highest BCUT2D eigenvalue weighted by Gasteiger charge is 2.23. The van der Waals surface area contributed by atoms with Crippen LogP contribution in [0, 0.1) is 5.92 Å². The lowest BCUT2D eigenvalue weighted by atomic mass is 10.1. The van der Waals surface area contributed by atoms with Gasteiger partial charge in [-0.15, -0.1) is 0 Å². The second-order valence-corrected chi connectivity index (χ2v) is 10.9. The van der Waals surface area contributed by atoms with Gasteiger partial charge in [0.25, 0.3) is 15.9 Å². The Bertz CT molecular complexity index is 1060. The Morgan fingerprint density at radius 2 is 1.91 bits per heavy atom. The molecule has 0 saturated carbocycles. The van der Waals surface area contributed by atoms with E-state index in [0.29, 0.717) is 34.7 Å². The Hall–Kier alpha value is -2.10. The van der Waals surface area contributed by atoms with Crippen molar-refractivity contribution in [1.29, 1.82) is 0 Å². The maximum absolute atomic E-state index is 13.1. The fourth-order valence-electron chi connectivity index (χ4n) is 3.84. The molecule has 0 unspecified atom stereocenters. The van der Waals surface area contributed by atoms with Gasteiger partial charge in [0.15, 0.2) is 0 Å². The third kappa shape index (κ3) is 6.24. The Morgan fingerprint density at radius 1 is 1.12 bits per heavy atom. The summed E-state index contributed by atoms with van der Waals surface area (Å²) in [6, 6.07) is 11.4. The van der Waals surface area contributed by atoms with E-state index in [1.165, 1.54) is 13.2 Å². The molecule has 0 radical (unpaired) electrons. The molecule has 2 aromatic carbocycles. The number of sulfonamides is 1. The van der Waals surface area contributed by atoms with E-state index in [4.69, 9.17) is 4.74 Å². The van der Waals surface area contributed by atoms with Crippen molar-refractivity contribution in [2.75, 3.05) is 44.6 Å². The van der Waals surface area contributed by atoms with Gasteiger partial charge in [0.1, 0.15) is 10.6 Å². The van der Waals surface area contributed by atoms with Crippen molar-refractivity contribution in [3.05, 3.63) is 52.5 Å². The molecule has 0 atom stereocenters. The fourth-order valence-corrected chi connectivity index (χ4v) is 5.60. The molecule has 1 N–H and O–H groups in total. The van der Waals surface area contributed by atoms with Gasteiger partial charge in [-0.3, -0.25) is 9.52 Å². The third-order valence-electron chi connectivity index (χ3n) is 5.28. The molecule has 32 heavy (non-hydrogen) atoms. The number of nitrogens with one attached hydrogen (secondary N) is 1. The van der Waals surface area contributed by atoms with Gasteiger partial charge in [0.05, 0.1) is 7.11 Å². The predicted octanol–water partition coefficient (Wildman–Crippen LogP) is 4.06. The average Bonchev–Trinajstić information content (AvgIpc) is 2.98. The van der Waals surface area contributed by atoms with E-state index in [1.807, 2.05) is 4.90 Å². The standard InChI is InChI=1S/C23H30BrN3O4S/c1-17(2)16-26-10-5-11-27(13-12-26)23(28)18-6-4-7-20(14-18)25-32(29,30)22-15-19(24)8-9-21(22)31-3/h4,6-9,14-15,17,25H,5,10-13,16H2,1-3H3. The molecule has 174 valence electrons. The van der Waals surface area contributed by atoms with E-state index >= 15 is 0 Å². The first kappa shape index (κ1) is 24.5. The molecule has 1 fully saturated rings. The summed E-state index contributed by atoms with van der Waals surface area (Å²) in [6.45, 7) is 8.61. The number of anilines is 1. The third-order valence-corrected chi connectivity index (χ3v) is 7.17. The first-order valence-electron chi connectivity index (χ1n) is 10.7. The van der Waals surface area contributed by atoms with Crippen molar-refractivity contribution in [1.82, 2.24) is 9.80 Å². The molecular formula is C23H30BrN3O4S. The number of methoxy groups -OCH3 is 1. The predicted molar refractivity (Wildman–Crippen MR) is 130 cm³/mol. The maximum atomic E-state index is 13.1. The monoisotopic (exact) mass is 523 g/mol. The average molecular weight is 524 g/mol. The van der Waals surface area contributed by atoms with E-state index in [0.717, 1.165) is 26.1 Å². The Kier molecular flexibility index (Phi) is 8.19. The molecule has 2 aromatic rings. The minimum Gasteiger partial charge on any atom is -0.495 e. The second kappa shape index (κ2) is 10.7. The van der Waals surface area contributed by atoms with Gasteiger partial charge in [-0.05, 0) is 55.3 Å². The van der Waals surface area contributed by atoms with Crippen molar-refractivity contribution in [2.45, 2.75) is 25.2 Å². The van der Waals surface area contributed by atoms with Gasteiger partial charge in [-0.25, -0.2) is 8.42 Å². The van der Waals surface area contributed by atoms with Gasteiger partial charge in [0.2, 0.25) is 0 Å². The maximum Gasteiger partial charge on any atom is 0.265 e. The summed E-state index contributed by atoms with van der Waals surface area (Å²) in [5.74, 6) is 0.742. The molecule has 1 amide bonds. The zero-order valence-electron chi connectivity index (χ0n) is 18.7. The summed E-state index contributed by atoms with van der Waals surface area (Å²) in [6.07, 6.45) is 0.924. The summed E-state index contributed by atoms with van der Waals surface area (Å²) in [4.78, 5) is 17.4. The molecule has 3 rings (SSSR count). The Labute approximate surface area is 198 Å². The number of carbonyl (C=O) groups is 1. The molecule has 0 aromatic heterocycles. The van der Waals surface area contributed by atoms with Crippen LogP contribution >= 0.6 is 15.9 Å². The van der Waals surface area contributed by atoms with E-state index in [-0.39, 0.29) is 16.6 Å². The van der Waals surface area contributed by atoms with Crippen molar-refractivity contribution >= 4 is 37.5 Å². The summed E-state index contributed by atoms with van der Waals surface area (Å²) in [5.41, 5.74) is 0.790. The quantitative estimate of drug-likeness (QED) is 0.591. The Balaban J connectivity index is 1.75. The number of amides is 1. The highest BCUT2D eigenvalue weighted by Crippen LogP contribution is 2.29. The summed E-state index contributed by atoms with van der Waals surface area (Å²) in [5, 5.41) is 0. The van der Waals surface area contributed by atoms with Crippen LogP contribution in [-0.4, -0.2) is 64.0 Å². The van der Waals surface area contributed by atoms with Gasteiger partial charge in [0, 0.05) is 41.9 Å². The van der Waals surface area contributed by atoms with Crippen molar-refractivity contribution in [3.63, 3.8) is 0 Å². The number of benzene rings is 2. The van der Waals surface area contributed by atoms with E-state index < -0.39 is 10.0 Å². The molecule has 7 nitrogen and oxygen atoms in total. The first-order chi connectivity index (χ1) is 15.2. The molecule has 1 aliphatic heterocycles. The van der Waals surface area contributed by atoms with Crippen LogP contribution in [0.4, 0.5) is 5.69 Å². The van der Waals surface area contributed by atoms with Crippen molar-refractivity contribution in [3.8, 4) is 5.75 Å². The molecule has 1 saturated heterocycles. The number of hydrogen-bond acceptors (Lipinski definition) is 5. The van der Waals surface area contributed by atoms with Gasteiger partial charge >= 0.3 is 0 Å². The summed E-state index contributed by atoms with van der Waals surface area (Å²) < 4.78 is 34.3. The molecule has 0 bridgehead atoms. The number of ether oxygens (including phenoxy) is 1. The van der Waals surface area contributed by atoms with Crippen molar-refractivity contribution < 1.29 is 17.9 Å². The Morgan fingerprint density at radius 3 is 2.62 bits per heavy atom. The van der Waals surface area contributed by atoms with Crippen LogP contribution in [0.2, 0.25) is 0 Å². The summed E-state index contributed by atoms with van der Waals surface area (Å²) in [7, 11) is -2.49. The topological polar surface area (TPSA) is 78.9 Å². The van der Waals surface area contributed by atoms with Crippen LogP contribution in [0.3, 0.4) is 0 Å². The van der Waals surface area contributed by atoms with Gasteiger partial charge < -0.3 is 14.5 Å². The van der Waals surface area contributed by atoms with Crippen LogP contribution < -0.4 is 9.46 Å². The van der Waals surface area contributed by atoms with Gasteiger partial charge in [-0.1, -0.05) is 35.8 Å². The lowest BCUT2D eigenvalue weighted by molar-refractivity contribution is 0.0761. The number of carbonyl (C=O) groups excluding carboxylic acids is 1. The largest absolute Gasteiger partial charge is 0.495 e. The highest BCUT2D eigenvalue weighted by atomic mass is 79.9. The number of rotatable bonds is 7. The van der Waals surface area contributed by atoms with Crippen LogP contribution in [0.1, 0.15) is 30.6 Å². The minimum atomic E-state index is -3.91. The second-order valence-electron chi connectivity index (χ2n) is 8.32. The summed E-state index contributed by atoms with van der Waals surface area (Å²) >= 11 is 3.30. The minimum absolute atomic E-state index is 0.0175. The lowest BCUT2D eigenvalue weighted by Gasteiger charge is -2.23. The normalized spacial score (nSPS) is 15.5. The van der Waals surface area contributed by atoms with Crippen LogP contribution in [0.25, 0.3) is 0 Å². The number of halogens is 1. The highest BCUT2D eigenvalue weighted by molar-refractivity contribution is 9.10. The van der Waals surface area contributed by atoms with Crippen LogP contribution in [0.15, 0.2) is 51.8 Å². The smallest absolute Gasteiger partial charge is 0.265 e. The van der Waals surface area contributed by atoms with E-state index in [1.54, 1.807) is 36.4 Å². The SMILES string of the molecule is COc1ccc(Br)cc1S(=O)(=O)Nc1cccc(C(=O)N2CCCN(CC(C)C)CC2)c1. The lowest BCUT2D eigenvalue weighted by Crippen LogP contribution is -2.36. The zero-order chi connectivity index (χ0) is 23.3. The molecule has 0 aliphatic carbocycles. The molecule has 0 spiro atoms. The fraction of sp³-hybridized carbons (Fsp3) is 0.435. The van der Waals surface area contributed by atoms with E-state index in [9.17, 15) is 13.2 Å². The number of hydrogen-bond donors (Lipinski definition) is 1. The molecule has 1 aliphatic rings. The van der Waals surface area contributed by atoms with Crippen LogP contribution in [-0.2, 0) is 10.0 Å².